The summed E-state index contributed by atoms with van der Waals surface area (Å²) >= 11 is 0. The van der Waals surface area contributed by atoms with Gasteiger partial charge in [0.05, 0.1) is 12.2 Å². The minimum absolute atomic E-state index is 0.0585. The number of carbonyl (C=O) groups is 4. The molecule has 0 bridgehead atoms. The normalized spacial score (nSPS) is 12.5. The molecule has 0 saturated heterocycles. The summed E-state index contributed by atoms with van der Waals surface area (Å²) in [5.74, 6) is -1.20. The van der Waals surface area contributed by atoms with Crippen LogP contribution in [0.2, 0.25) is 0 Å². The van der Waals surface area contributed by atoms with Gasteiger partial charge >= 0.3 is 17.9 Å². The third kappa shape index (κ3) is 12.3. The number of carbonyl (C=O) groups excluding carboxylic acids is 3. The van der Waals surface area contributed by atoms with Gasteiger partial charge in [-0.15, -0.1) is 0 Å². The highest BCUT2D eigenvalue weighted by atomic mass is 16.6. The van der Waals surface area contributed by atoms with Crippen molar-refractivity contribution in [2.75, 3.05) is 6.54 Å². The molecule has 3 amide bonds. The molecular weight excluding hydrogens is 654 g/mol. The lowest BCUT2D eigenvalue weighted by atomic mass is 10.0. The van der Waals surface area contributed by atoms with Gasteiger partial charge in [0.1, 0.15) is 24.0 Å². The molecule has 14 nitrogen and oxygen atoms in total. The van der Waals surface area contributed by atoms with E-state index in [4.69, 9.17) is 4.74 Å². The van der Waals surface area contributed by atoms with Crippen molar-refractivity contribution in [1.29, 1.82) is 0 Å². The van der Waals surface area contributed by atoms with E-state index in [1.807, 2.05) is 36.4 Å². The number of aryl methyl sites for hydroxylation is 1. The van der Waals surface area contributed by atoms with E-state index in [2.05, 4.69) is 20.9 Å². The Morgan fingerprint density at radius 1 is 0.804 bits per heavy atom. The molecule has 0 aliphatic heterocycles. The van der Waals surface area contributed by atoms with Gasteiger partial charge in [0.2, 0.25) is 11.8 Å². The molecule has 0 saturated carbocycles. The molecule has 0 aliphatic rings. The number of rotatable bonds is 17. The second-order valence-corrected chi connectivity index (χ2v) is 13.3. The minimum atomic E-state index is -1.38. The maximum Gasteiger partial charge on any atom is 0.420 e. The second-order valence-electron chi connectivity index (χ2n) is 13.3. The molecule has 4 rings (SSSR count). The van der Waals surface area contributed by atoms with Crippen LogP contribution in [0.1, 0.15) is 63.3 Å². The molecule has 0 fully saturated rings. The van der Waals surface area contributed by atoms with E-state index in [1.54, 1.807) is 66.6 Å². The summed E-state index contributed by atoms with van der Waals surface area (Å²) < 4.78 is 10.0. The van der Waals surface area contributed by atoms with Crippen LogP contribution in [0.3, 0.4) is 0 Å². The van der Waals surface area contributed by atoms with Crippen LogP contribution in [0, 0.1) is 0 Å². The highest BCUT2D eigenvalue weighted by molar-refractivity contribution is 5.91. The van der Waals surface area contributed by atoms with Crippen molar-refractivity contribution in [2.45, 2.75) is 90.1 Å². The molecule has 2 atom stereocenters. The lowest BCUT2D eigenvalue weighted by Crippen LogP contribution is -2.55. The molecule has 2 aromatic heterocycles. The molecule has 51 heavy (non-hydrogen) atoms. The van der Waals surface area contributed by atoms with E-state index in [0.717, 1.165) is 30.4 Å². The third-order valence-electron chi connectivity index (χ3n) is 7.99. The lowest BCUT2D eigenvalue weighted by Gasteiger charge is -2.23. The highest BCUT2D eigenvalue weighted by Crippen LogP contribution is 2.13. The fourth-order valence-corrected chi connectivity index (χ4v) is 5.47. The predicted octanol–water partition coefficient (Wildman–Crippen LogP) is 3.96. The van der Waals surface area contributed by atoms with Gasteiger partial charge in [0.15, 0.2) is 0 Å². The van der Waals surface area contributed by atoms with Crippen LogP contribution in [0.15, 0.2) is 90.4 Å². The molecular formula is C37H47N7O7. The molecule has 2 heterocycles. The first-order valence-corrected chi connectivity index (χ1v) is 17.0. The Morgan fingerprint density at radius 2 is 1.43 bits per heavy atom. The van der Waals surface area contributed by atoms with Crippen LogP contribution in [0.5, 0.6) is 0 Å². The Hall–Kier alpha value is -5.66. The van der Waals surface area contributed by atoms with Gasteiger partial charge in [-0.05, 0) is 44.7 Å². The first kappa shape index (κ1) is 38.1. The molecule has 272 valence electrons. The van der Waals surface area contributed by atoms with Gasteiger partial charge in [0, 0.05) is 44.5 Å². The van der Waals surface area contributed by atoms with Gasteiger partial charge in [0.25, 0.3) is 0 Å². The van der Waals surface area contributed by atoms with Crippen LogP contribution in [0.25, 0.3) is 0 Å². The van der Waals surface area contributed by atoms with E-state index < -0.39 is 41.7 Å². The van der Waals surface area contributed by atoms with E-state index in [0.29, 0.717) is 31.7 Å². The Bertz CT molecular complexity index is 1790. The number of ether oxygens (including phenoxy) is 1. The average Bonchev–Trinajstić information content (AvgIpc) is 3.69. The summed E-state index contributed by atoms with van der Waals surface area (Å²) in [6.07, 6.45) is 7.23. The Balaban J connectivity index is 1.34. The van der Waals surface area contributed by atoms with Crippen molar-refractivity contribution in [3.05, 3.63) is 113 Å². The molecule has 14 heteroatoms. The maximum absolute atomic E-state index is 13.5. The minimum Gasteiger partial charge on any atom is -0.465 e. The number of unbranched alkanes of at least 4 members (excludes halogenated alkanes) is 3. The third-order valence-corrected chi connectivity index (χ3v) is 7.99. The molecule has 0 radical (unpaired) electrons. The van der Waals surface area contributed by atoms with Crippen molar-refractivity contribution in [1.82, 2.24) is 34.6 Å². The second kappa shape index (κ2) is 18.4. The van der Waals surface area contributed by atoms with Crippen molar-refractivity contribution >= 4 is 24.0 Å². The van der Waals surface area contributed by atoms with Crippen LogP contribution in [0.4, 0.5) is 9.59 Å². The van der Waals surface area contributed by atoms with Gasteiger partial charge < -0.3 is 25.8 Å². The Morgan fingerprint density at radius 3 is 2.10 bits per heavy atom. The molecule has 0 aliphatic carbocycles. The van der Waals surface area contributed by atoms with Crippen LogP contribution in [-0.2, 0) is 40.3 Å². The zero-order chi connectivity index (χ0) is 36.8. The summed E-state index contributed by atoms with van der Waals surface area (Å²) in [6.45, 7) is 6.60. The van der Waals surface area contributed by atoms with Crippen molar-refractivity contribution in [3.63, 3.8) is 0 Å². The standard InChI is InChI=1S/C37H47N7O7/c1-37(2,3)51-36(50)44-26-38-24-29(44)23-31(40-33(46)30(41-34(47)48)22-27-14-8-6-9-15-27)32(45)39-18-12-4-5-13-19-42-20-21-43(35(42)49)25-28-16-10-7-11-17-28/h6-11,14-17,20-21,24,26,30-31,41H,4-5,12-13,18-19,22-23,25H2,1-3H3,(H,39,45)(H,40,46)(H,47,48)/t30-,31-/m0/s1. The fraction of sp³-hybridized carbons (Fsp3) is 0.405. The molecule has 0 unspecified atom stereocenters. The van der Waals surface area contributed by atoms with Gasteiger partial charge in [-0.2, -0.15) is 0 Å². The van der Waals surface area contributed by atoms with E-state index in [9.17, 15) is 29.1 Å². The zero-order valence-corrected chi connectivity index (χ0v) is 29.3. The lowest BCUT2D eigenvalue weighted by molar-refractivity contribution is -0.130. The summed E-state index contributed by atoms with van der Waals surface area (Å²) in [7, 11) is 0. The number of amides is 3. The molecule has 4 N–H and O–H groups in total. The number of imidazole rings is 2. The van der Waals surface area contributed by atoms with Crippen molar-refractivity contribution < 1.29 is 29.0 Å². The fourth-order valence-electron chi connectivity index (χ4n) is 5.47. The van der Waals surface area contributed by atoms with E-state index in [-0.39, 0.29) is 18.5 Å². The number of hydrogen-bond donors (Lipinski definition) is 4. The van der Waals surface area contributed by atoms with Crippen molar-refractivity contribution in [2.24, 2.45) is 0 Å². The Labute approximate surface area is 296 Å². The topological polar surface area (TPSA) is 179 Å². The van der Waals surface area contributed by atoms with Gasteiger partial charge in [-0.3, -0.25) is 18.7 Å². The molecule has 0 spiro atoms. The summed E-state index contributed by atoms with van der Waals surface area (Å²) in [5.41, 5.74) is 1.27. The van der Waals surface area contributed by atoms with Gasteiger partial charge in [-0.25, -0.2) is 23.9 Å². The monoisotopic (exact) mass is 701 g/mol. The number of hydrogen-bond acceptors (Lipinski definition) is 7. The highest BCUT2D eigenvalue weighted by Gasteiger charge is 2.29. The predicted molar refractivity (Wildman–Crippen MR) is 190 cm³/mol. The van der Waals surface area contributed by atoms with E-state index in [1.165, 1.54) is 17.1 Å². The van der Waals surface area contributed by atoms with E-state index >= 15 is 0 Å². The first-order chi connectivity index (χ1) is 24.4. The maximum atomic E-state index is 13.5. The van der Waals surface area contributed by atoms with Crippen molar-refractivity contribution in [3.8, 4) is 0 Å². The summed E-state index contributed by atoms with van der Waals surface area (Å²) in [6, 6.07) is 16.4. The molecule has 2 aromatic carbocycles. The molecule has 4 aromatic rings. The van der Waals surface area contributed by atoms with Gasteiger partial charge in [-0.1, -0.05) is 73.5 Å². The largest absolute Gasteiger partial charge is 0.465 e. The quantitative estimate of drug-likeness (QED) is 0.120. The number of benzene rings is 2. The number of nitrogens with one attached hydrogen (secondary N) is 3. The summed E-state index contributed by atoms with van der Waals surface area (Å²) in [5, 5.41) is 17.2. The average molecular weight is 702 g/mol. The SMILES string of the molecule is CC(C)(C)OC(=O)n1cncc1C[C@H](NC(=O)[C@H](Cc1ccccc1)NC(=O)O)C(=O)NCCCCCCn1ccn(Cc2ccccc2)c1=O. The summed E-state index contributed by atoms with van der Waals surface area (Å²) in [4.78, 5) is 68.2. The number of aromatic nitrogens is 4. The number of carboxylic acid groups (broad SMARTS) is 1. The Kier molecular flexibility index (Phi) is 13.7. The van der Waals surface area contributed by atoms with Crippen LogP contribution in [-0.4, -0.2) is 72.0 Å². The van der Waals surface area contributed by atoms with Crippen LogP contribution >= 0.6 is 0 Å². The number of nitrogens with zero attached hydrogens (tertiary/aromatic N) is 4. The van der Waals surface area contributed by atoms with Crippen LogP contribution < -0.4 is 21.6 Å². The smallest absolute Gasteiger partial charge is 0.420 e. The zero-order valence-electron chi connectivity index (χ0n) is 29.3. The first-order valence-electron chi connectivity index (χ1n) is 17.0.